The molecular formula is C26H31N3O4. The zero-order valence-electron chi connectivity index (χ0n) is 19.2. The van der Waals surface area contributed by atoms with Crippen LogP contribution in [0.3, 0.4) is 0 Å². The summed E-state index contributed by atoms with van der Waals surface area (Å²) in [6.45, 7) is 2.59. The third-order valence-electron chi connectivity index (χ3n) is 6.92. The lowest BCUT2D eigenvalue weighted by Gasteiger charge is -2.38. The van der Waals surface area contributed by atoms with E-state index < -0.39 is 11.6 Å². The summed E-state index contributed by atoms with van der Waals surface area (Å²) in [4.78, 5) is 39.6. The predicted octanol–water partition coefficient (Wildman–Crippen LogP) is 3.42. The Morgan fingerprint density at radius 3 is 2.39 bits per heavy atom. The number of imide groups is 1. The normalized spacial score (nSPS) is 23.0. The number of benzene rings is 2. The molecule has 1 heterocycles. The van der Waals surface area contributed by atoms with Crippen molar-refractivity contribution in [3.8, 4) is 5.75 Å². The summed E-state index contributed by atoms with van der Waals surface area (Å²) in [5.74, 6) is 0.466. The van der Waals surface area contributed by atoms with Gasteiger partial charge in [0.1, 0.15) is 11.3 Å². The van der Waals surface area contributed by atoms with Crippen LogP contribution in [0.5, 0.6) is 5.75 Å². The van der Waals surface area contributed by atoms with Crippen molar-refractivity contribution in [2.24, 2.45) is 5.92 Å². The Labute approximate surface area is 194 Å². The Morgan fingerprint density at radius 2 is 1.76 bits per heavy atom. The first-order chi connectivity index (χ1) is 15.9. The van der Waals surface area contributed by atoms with Crippen molar-refractivity contribution in [2.45, 2.75) is 57.2 Å². The van der Waals surface area contributed by atoms with Crippen LogP contribution in [-0.4, -0.2) is 41.4 Å². The average Bonchev–Trinajstić information content (AvgIpc) is 3.10. The maximum atomic E-state index is 13.7. The highest BCUT2D eigenvalue weighted by atomic mass is 16.5. The van der Waals surface area contributed by atoms with Gasteiger partial charge in [0, 0.05) is 18.5 Å². The van der Waals surface area contributed by atoms with Crippen LogP contribution in [0.4, 0.5) is 4.79 Å². The number of rotatable bonds is 7. The van der Waals surface area contributed by atoms with Crippen LogP contribution in [-0.2, 0) is 22.6 Å². The second-order valence-corrected chi connectivity index (χ2v) is 9.08. The van der Waals surface area contributed by atoms with Gasteiger partial charge in [0.25, 0.3) is 5.91 Å². The number of urea groups is 1. The molecule has 4 amide bonds. The second kappa shape index (κ2) is 9.65. The number of carbonyl (C=O) groups excluding carboxylic acids is 3. The number of hydrogen-bond donors (Lipinski definition) is 2. The molecule has 0 bridgehead atoms. The molecule has 1 atom stereocenters. The highest BCUT2D eigenvalue weighted by molar-refractivity contribution is 6.07. The Kier molecular flexibility index (Phi) is 6.67. The lowest BCUT2D eigenvalue weighted by molar-refractivity contribution is -0.141. The van der Waals surface area contributed by atoms with Crippen molar-refractivity contribution in [2.75, 3.05) is 7.11 Å². The van der Waals surface area contributed by atoms with Crippen molar-refractivity contribution < 1.29 is 19.1 Å². The van der Waals surface area contributed by atoms with E-state index in [2.05, 4.69) is 17.6 Å². The Morgan fingerprint density at radius 1 is 1.09 bits per heavy atom. The molecule has 174 valence electrons. The Hall–Kier alpha value is -3.35. The summed E-state index contributed by atoms with van der Waals surface area (Å²) < 4.78 is 5.52. The van der Waals surface area contributed by atoms with Crippen LogP contribution in [0.25, 0.3) is 0 Å². The molecule has 1 saturated heterocycles. The Balaban J connectivity index is 1.51. The molecule has 2 aliphatic rings. The molecule has 2 aromatic rings. The molecule has 1 spiro atoms. The summed E-state index contributed by atoms with van der Waals surface area (Å²) >= 11 is 0. The summed E-state index contributed by atoms with van der Waals surface area (Å²) in [7, 11) is 1.66. The topological polar surface area (TPSA) is 87.7 Å². The second-order valence-electron chi connectivity index (χ2n) is 9.08. The molecule has 4 rings (SSSR count). The van der Waals surface area contributed by atoms with E-state index in [9.17, 15) is 14.4 Å². The molecule has 33 heavy (non-hydrogen) atoms. The van der Waals surface area contributed by atoms with Gasteiger partial charge < -0.3 is 15.0 Å². The van der Waals surface area contributed by atoms with Crippen molar-refractivity contribution in [1.82, 2.24) is 15.5 Å². The van der Waals surface area contributed by atoms with Gasteiger partial charge in [0.15, 0.2) is 0 Å². The zero-order chi connectivity index (χ0) is 23.4. The van der Waals surface area contributed by atoms with Crippen LogP contribution in [0.15, 0.2) is 54.6 Å². The summed E-state index contributed by atoms with van der Waals surface area (Å²) in [6, 6.07) is 17.4. The van der Waals surface area contributed by atoms with Gasteiger partial charge in [0.05, 0.1) is 7.11 Å². The molecule has 1 aliphatic carbocycles. The first kappa shape index (κ1) is 22.8. The minimum absolute atomic E-state index is 0.0422. The van der Waals surface area contributed by atoms with Gasteiger partial charge in [0.2, 0.25) is 5.91 Å². The fourth-order valence-corrected chi connectivity index (χ4v) is 5.00. The van der Waals surface area contributed by atoms with Crippen molar-refractivity contribution in [1.29, 1.82) is 0 Å². The summed E-state index contributed by atoms with van der Waals surface area (Å²) in [6.07, 6.45) is 2.76. The number of para-hydroxylation sites is 1. The number of amides is 4. The van der Waals surface area contributed by atoms with Gasteiger partial charge >= 0.3 is 6.03 Å². The number of nitrogens with zero attached hydrogens (tertiary/aromatic N) is 1. The standard InChI is InChI=1S/C26H31N3O4/c1-18(16-21-10-6-7-11-22(21)33-2)29(17-19-8-4-3-5-9-19)23(30)20-12-14-26(15-13-20)24(31)27-25(32)28-26/h3-11,18,20H,12-17H2,1-2H3,(H2,27,28,31,32). The third kappa shape index (κ3) is 4.87. The van der Waals surface area contributed by atoms with Crippen LogP contribution in [0, 0.1) is 5.92 Å². The SMILES string of the molecule is COc1ccccc1CC(C)N(Cc1ccccc1)C(=O)C1CCC2(CC1)NC(=O)NC2=O. The van der Waals surface area contributed by atoms with Crippen molar-refractivity contribution in [3.05, 3.63) is 65.7 Å². The quantitative estimate of drug-likeness (QED) is 0.634. The number of methoxy groups -OCH3 is 1. The van der Waals surface area contributed by atoms with E-state index in [0.717, 1.165) is 16.9 Å². The largest absolute Gasteiger partial charge is 0.496 e. The van der Waals surface area contributed by atoms with Crippen LogP contribution < -0.4 is 15.4 Å². The lowest BCUT2D eigenvalue weighted by Crippen LogP contribution is -2.52. The third-order valence-corrected chi connectivity index (χ3v) is 6.92. The lowest BCUT2D eigenvalue weighted by atomic mass is 9.76. The van der Waals surface area contributed by atoms with E-state index in [1.54, 1.807) is 7.11 Å². The molecule has 0 aromatic heterocycles. The monoisotopic (exact) mass is 449 g/mol. The maximum Gasteiger partial charge on any atom is 0.322 e. The van der Waals surface area contributed by atoms with E-state index in [4.69, 9.17) is 4.74 Å². The highest BCUT2D eigenvalue weighted by Crippen LogP contribution is 2.36. The fraction of sp³-hybridized carbons (Fsp3) is 0.423. The van der Waals surface area contributed by atoms with Crippen LogP contribution in [0.1, 0.15) is 43.7 Å². The predicted molar refractivity (Wildman–Crippen MR) is 125 cm³/mol. The van der Waals surface area contributed by atoms with Crippen LogP contribution >= 0.6 is 0 Å². The van der Waals surface area contributed by atoms with E-state index in [1.165, 1.54) is 0 Å². The average molecular weight is 450 g/mol. The minimum atomic E-state index is -0.860. The highest BCUT2D eigenvalue weighted by Gasteiger charge is 2.49. The molecule has 7 nitrogen and oxygen atoms in total. The van der Waals surface area contributed by atoms with Gasteiger partial charge in [-0.25, -0.2) is 4.79 Å². The van der Waals surface area contributed by atoms with Crippen molar-refractivity contribution >= 4 is 17.8 Å². The van der Waals surface area contributed by atoms with Gasteiger partial charge in [-0.1, -0.05) is 48.5 Å². The van der Waals surface area contributed by atoms with E-state index >= 15 is 0 Å². The van der Waals surface area contributed by atoms with Gasteiger partial charge in [-0.3, -0.25) is 14.9 Å². The molecule has 0 radical (unpaired) electrons. The van der Waals surface area contributed by atoms with E-state index in [0.29, 0.717) is 38.6 Å². The fourth-order valence-electron chi connectivity index (χ4n) is 5.00. The number of hydrogen-bond acceptors (Lipinski definition) is 4. The number of ether oxygens (including phenoxy) is 1. The number of nitrogens with one attached hydrogen (secondary N) is 2. The molecule has 2 aromatic carbocycles. The molecule has 1 aliphatic heterocycles. The van der Waals surface area contributed by atoms with Crippen molar-refractivity contribution in [3.63, 3.8) is 0 Å². The van der Waals surface area contributed by atoms with Gasteiger partial charge in [-0.2, -0.15) is 0 Å². The Bertz CT molecular complexity index is 1020. The van der Waals surface area contributed by atoms with E-state index in [1.807, 2.05) is 59.5 Å². The molecule has 1 saturated carbocycles. The smallest absolute Gasteiger partial charge is 0.322 e. The molecule has 2 N–H and O–H groups in total. The summed E-state index contributed by atoms with van der Waals surface area (Å²) in [5.41, 5.74) is 1.28. The van der Waals surface area contributed by atoms with E-state index in [-0.39, 0.29) is 23.8 Å². The molecular weight excluding hydrogens is 418 g/mol. The maximum absolute atomic E-state index is 13.7. The first-order valence-corrected chi connectivity index (χ1v) is 11.5. The molecule has 1 unspecified atom stereocenters. The first-order valence-electron chi connectivity index (χ1n) is 11.5. The molecule has 7 heteroatoms. The summed E-state index contributed by atoms with van der Waals surface area (Å²) in [5, 5.41) is 5.11. The zero-order valence-corrected chi connectivity index (χ0v) is 19.2. The van der Waals surface area contributed by atoms with Gasteiger partial charge in [-0.15, -0.1) is 0 Å². The van der Waals surface area contributed by atoms with Gasteiger partial charge in [-0.05, 0) is 56.2 Å². The van der Waals surface area contributed by atoms with Crippen LogP contribution in [0.2, 0.25) is 0 Å². The number of carbonyl (C=O) groups is 3. The molecule has 2 fully saturated rings. The minimum Gasteiger partial charge on any atom is -0.496 e.